The van der Waals surface area contributed by atoms with Crippen LogP contribution < -0.4 is 0 Å². The summed E-state index contributed by atoms with van der Waals surface area (Å²) >= 11 is 0. The maximum absolute atomic E-state index is 13.0. The lowest BCUT2D eigenvalue weighted by Gasteiger charge is -2.30. The number of hydrogen-bond acceptors (Lipinski definition) is 4. The molecular formula is C22H27NO4. The Bertz CT molecular complexity index is 751. The van der Waals surface area contributed by atoms with Gasteiger partial charge in [0.15, 0.2) is 0 Å². The number of allylic oxidation sites excluding steroid dienone is 2. The van der Waals surface area contributed by atoms with Crippen molar-refractivity contribution in [2.75, 3.05) is 6.54 Å². The molecule has 0 spiro atoms. The molecule has 144 valence electrons. The number of likely N-dealkylation sites (tertiary alicyclic amines) is 1. The molecule has 1 amide bonds. The van der Waals surface area contributed by atoms with Gasteiger partial charge in [-0.15, -0.1) is 0 Å². The van der Waals surface area contributed by atoms with E-state index in [2.05, 4.69) is 12.2 Å². The van der Waals surface area contributed by atoms with Gasteiger partial charge < -0.3 is 9.47 Å². The van der Waals surface area contributed by atoms with Gasteiger partial charge >= 0.3 is 12.1 Å². The van der Waals surface area contributed by atoms with Crippen LogP contribution >= 0.6 is 0 Å². The van der Waals surface area contributed by atoms with Crippen LogP contribution in [0.1, 0.15) is 32.8 Å². The molecule has 0 aromatic heterocycles. The summed E-state index contributed by atoms with van der Waals surface area (Å²) in [5.41, 5.74) is 0.350. The van der Waals surface area contributed by atoms with Crippen LogP contribution in [0.3, 0.4) is 0 Å². The van der Waals surface area contributed by atoms with E-state index in [1.54, 1.807) is 4.90 Å². The minimum absolute atomic E-state index is 0.138. The Morgan fingerprint density at radius 1 is 1.11 bits per heavy atom. The van der Waals surface area contributed by atoms with E-state index in [1.807, 2.05) is 51.1 Å². The molecule has 1 heterocycles. The molecule has 1 aromatic rings. The molecule has 0 radical (unpaired) electrons. The van der Waals surface area contributed by atoms with Gasteiger partial charge in [0.25, 0.3) is 0 Å². The third-order valence-electron chi connectivity index (χ3n) is 5.88. The molecule has 27 heavy (non-hydrogen) atoms. The molecule has 1 saturated heterocycles. The van der Waals surface area contributed by atoms with Gasteiger partial charge in [0.2, 0.25) is 0 Å². The summed E-state index contributed by atoms with van der Waals surface area (Å²) < 4.78 is 11.2. The molecule has 1 aromatic carbocycles. The van der Waals surface area contributed by atoms with Crippen LogP contribution in [0.2, 0.25) is 0 Å². The summed E-state index contributed by atoms with van der Waals surface area (Å²) in [7, 11) is 0. The Morgan fingerprint density at radius 3 is 2.52 bits per heavy atom. The Labute approximate surface area is 160 Å². The second kappa shape index (κ2) is 6.70. The minimum Gasteiger partial charge on any atom is -0.458 e. The number of hydrogen-bond donors (Lipinski definition) is 0. The van der Waals surface area contributed by atoms with E-state index in [9.17, 15) is 9.59 Å². The molecule has 3 aliphatic rings. The fourth-order valence-corrected chi connectivity index (χ4v) is 4.87. The fourth-order valence-electron chi connectivity index (χ4n) is 4.87. The quantitative estimate of drug-likeness (QED) is 0.601. The van der Waals surface area contributed by atoms with Crippen LogP contribution in [0.5, 0.6) is 0 Å². The zero-order chi connectivity index (χ0) is 19.2. The Kier molecular flexibility index (Phi) is 4.49. The first-order valence-corrected chi connectivity index (χ1v) is 9.72. The van der Waals surface area contributed by atoms with Gasteiger partial charge in [-0.25, -0.2) is 9.59 Å². The van der Waals surface area contributed by atoms with Crippen LogP contribution in [0.4, 0.5) is 4.79 Å². The molecule has 2 aliphatic carbocycles. The van der Waals surface area contributed by atoms with Crippen LogP contribution in [0, 0.1) is 23.7 Å². The Hall–Kier alpha value is -2.30. The van der Waals surface area contributed by atoms with Crippen molar-refractivity contribution in [3.05, 3.63) is 48.0 Å². The number of rotatable bonds is 3. The smallest absolute Gasteiger partial charge is 0.410 e. The third kappa shape index (κ3) is 3.47. The first-order valence-electron chi connectivity index (χ1n) is 9.72. The van der Waals surface area contributed by atoms with Crippen molar-refractivity contribution in [2.45, 2.75) is 45.4 Å². The SMILES string of the molecule is CC(C)(C)OC(=O)C1[C@@H]2[C@H](CN1C(=O)OCc1ccccc1)[C@@H]1C=C[C@H]2C1. The van der Waals surface area contributed by atoms with Crippen LogP contribution in [-0.2, 0) is 20.9 Å². The van der Waals surface area contributed by atoms with Gasteiger partial charge in [0, 0.05) is 12.5 Å². The van der Waals surface area contributed by atoms with Crippen molar-refractivity contribution in [3.8, 4) is 0 Å². The number of ether oxygens (including phenoxy) is 2. The molecule has 1 unspecified atom stereocenters. The number of carbonyl (C=O) groups is 2. The van der Waals surface area contributed by atoms with Crippen molar-refractivity contribution in [1.29, 1.82) is 0 Å². The van der Waals surface area contributed by atoms with E-state index in [-0.39, 0.29) is 18.5 Å². The van der Waals surface area contributed by atoms with Gasteiger partial charge in [0.1, 0.15) is 18.2 Å². The van der Waals surface area contributed by atoms with Crippen molar-refractivity contribution < 1.29 is 19.1 Å². The van der Waals surface area contributed by atoms with E-state index in [1.165, 1.54) is 0 Å². The first-order chi connectivity index (χ1) is 12.8. The number of amides is 1. The standard InChI is InChI=1S/C22H27NO4/c1-22(2,3)27-20(24)19-18-16-10-9-15(11-16)17(18)12-23(19)21(25)26-13-14-7-5-4-6-8-14/h4-10,15-19H,11-13H2,1-3H3/t15-,16+,17-,18+,19?/m1/s1. The molecule has 2 bridgehead atoms. The lowest BCUT2D eigenvalue weighted by Crippen LogP contribution is -2.47. The number of esters is 1. The first kappa shape index (κ1) is 18.1. The van der Waals surface area contributed by atoms with Crippen LogP contribution in [0.25, 0.3) is 0 Å². The van der Waals surface area contributed by atoms with E-state index in [0.29, 0.717) is 24.3 Å². The zero-order valence-electron chi connectivity index (χ0n) is 16.1. The van der Waals surface area contributed by atoms with Crippen molar-refractivity contribution in [2.24, 2.45) is 23.7 Å². The normalized spacial score (nSPS) is 31.1. The van der Waals surface area contributed by atoms with Crippen LogP contribution in [0.15, 0.2) is 42.5 Å². The fraction of sp³-hybridized carbons (Fsp3) is 0.545. The summed E-state index contributed by atoms with van der Waals surface area (Å²) in [5, 5.41) is 0. The molecule has 0 N–H and O–H groups in total. The van der Waals surface area contributed by atoms with Gasteiger partial charge in [-0.1, -0.05) is 42.5 Å². The number of benzene rings is 1. The number of nitrogens with zero attached hydrogens (tertiary/aromatic N) is 1. The van der Waals surface area contributed by atoms with E-state index in [4.69, 9.17) is 9.47 Å². The zero-order valence-corrected chi connectivity index (χ0v) is 16.1. The molecule has 5 atom stereocenters. The molecule has 5 nitrogen and oxygen atoms in total. The molecular weight excluding hydrogens is 342 g/mol. The monoisotopic (exact) mass is 369 g/mol. The molecule has 4 rings (SSSR count). The van der Waals surface area contributed by atoms with Gasteiger partial charge in [0.05, 0.1) is 0 Å². The summed E-state index contributed by atoms with van der Waals surface area (Å²) in [5.74, 6) is 0.954. The second-order valence-electron chi connectivity index (χ2n) is 8.86. The van der Waals surface area contributed by atoms with E-state index >= 15 is 0 Å². The Morgan fingerprint density at radius 2 is 1.81 bits per heavy atom. The highest BCUT2D eigenvalue weighted by atomic mass is 16.6. The molecule has 2 fully saturated rings. The summed E-state index contributed by atoms with van der Waals surface area (Å²) in [6, 6.07) is 9.03. The summed E-state index contributed by atoms with van der Waals surface area (Å²) in [4.78, 5) is 27.4. The van der Waals surface area contributed by atoms with Crippen molar-refractivity contribution in [1.82, 2.24) is 4.90 Å². The summed E-state index contributed by atoms with van der Waals surface area (Å²) in [6.45, 7) is 6.34. The predicted molar refractivity (Wildman–Crippen MR) is 101 cm³/mol. The highest BCUT2D eigenvalue weighted by molar-refractivity contribution is 5.83. The lowest BCUT2D eigenvalue weighted by atomic mass is 9.82. The van der Waals surface area contributed by atoms with Crippen molar-refractivity contribution >= 4 is 12.1 Å². The molecule has 1 aliphatic heterocycles. The maximum atomic E-state index is 13.0. The van der Waals surface area contributed by atoms with Gasteiger partial charge in [-0.3, -0.25) is 4.90 Å². The van der Waals surface area contributed by atoms with Gasteiger partial charge in [-0.05, 0) is 50.5 Å². The predicted octanol–water partition coefficient (Wildman–Crippen LogP) is 3.79. The summed E-state index contributed by atoms with van der Waals surface area (Å²) in [6.07, 6.45) is 5.11. The topological polar surface area (TPSA) is 55.8 Å². The minimum atomic E-state index is -0.581. The lowest BCUT2D eigenvalue weighted by molar-refractivity contribution is -0.161. The van der Waals surface area contributed by atoms with Crippen molar-refractivity contribution in [3.63, 3.8) is 0 Å². The maximum Gasteiger partial charge on any atom is 0.410 e. The van der Waals surface area contributed by atoms with Crippen LogP contribution in [-0.4, -0.2) is 35.2 Å². The molecule has 5 heteroatoms. The average molecular weight is 369 g/mol. The highest BCUT2D eigenvalue weighted by Crippen LogP contribution is 2.54. The highest BCUT2D eigenvalue weighted by Gasteiger charge is 2.59. The number of carbonyl (C=O) groups excluding carboxylic acids is 2. The average Bonchev–Trinajstić information content (AvgIpc) is 3.30. The van der Waals surface area contributed by atoms with E-state index in [0.717, 1.165) is 12.0 Å². The second-order valence-corrected chi connectivity index (χ2v) is 8.86. The third-order valence-corrected chi connectivity index (χ3v) is 5.88. The Balaban J connectivity index is 1.51. The van der Waals surface area contributed by atoms with Gasteiger partial charge in [-0.2, -0.15) is 0 Å². The van der Waals surface area contributed by atoms with E-state index < -0.39 is 17.7 Å². The number of fused-ring (bicyclic) bond motifs is 5. The molecule has 1 saturated carbocycles. The largest absolute Gasteiger partial charge is 0.458 e.